The molecule has 1 aliphatic rings. The molecule has 6 nitrogen and oxygen atoms in total. The van der Waals surface area contributed by atoms with Gasteiger partial charge in [-0.3, -0.25) is 14.4 Å². The van der Waals surface area contributed by atoms with Crippen molar-refractivity contribution in [1.29, 1.82) is 0 Å². The third-order valence-corrected chi connectivity index (χ3v) is 3.52. The number of nitrogens with two attached hydrogens (primary N) is 2. The van der Waals surface area contributed by atoms with Gasteiger partial charge in [-0.15, -0.1) is 0 Å². The molecule has 2 amide bonds. The highest BCUT2D eigenvalue weighted by atomic mass is 16.2. The average molecular weight is 255 g/mol. The third kappa shape index (κ3) is 3.53. The van der Waals surface area contributed by atoms with E-state index in [1.807, 2.05) is 0 Å². The Balaban J connectivity index is 2.68. The van der Waals surface area contributed by atoms with Crippen molar-refractivity contribution >= 4 is 17.6 Å². The van der Waals surface area contributed by atoms with Crippen molar-refractivity contribution in [3.05, 3.63) is 0 Å². The molecule has 3 atom stereocenters. The number of ketones is 1. The molecule has 0 aromatic carbocycles. The molecule has 6 heteroatoms. The molecule has 3 unspecified atom stereocenters. The van der Waals surface area contributed by atoms with Gasteiger partial charge < -0.3 is 16.8 Å². The van der Waals surface area contributed by atoms with Crippen LogP contribution in [0.4, 0.5) is 0 Å². The van der Waals surface area contributed by atoms with E-state index in [2.05, 4.69) is 5.32 Å². The molecule has 1 rings (SSSR count). The van der Waals surface area contributed by atoms with Gasteiger partial charge in [-0.25, -0.2) is 0 Å². The van der Waals surface area contributed by atoms with Gasteiger partial charge in [0.2, 0.25) is 11.8 Å². The van der Waals surface area contributed by atoms with Gasteiger partial charge in [-0.1, -0.05) is 12.8 Å². The fourth-order valence-corrected chi connectivity index (χ4v) is 2.46. The second kappa shape index (κ2) is 6.49. The Hall–Kier alpha value is -1.43. The number of carbonyl (C=O) groups is 3. The van der Waals surface area contributed by atoms with Crippen molar-refractivity contribution < 1.29 is 14.4 Å². The molecule has 0 aromatic heterocycles. The third-order valence-electron chi connectivity index (χ3n) is 3.52. The summed E-state index contributed by atoms with van der Waals surface area (Å²) in [5.74, 6) is -1.52. The van der Waals surface area contributed by atoms with Gasteiger partial charge >= 0.3 is 0 Å². The molecular formula is C12H21N3O3. The van der Waals surface area contributed by atoms with Crippen LogP contribution in [0.3, 0.4) is 0 Å². The maximum atomic E-state index is 12.1. The topological polar surface area (TPSA) is 115 Å². The summed E-state index contributed by atoms with van der Waals surface area (Å²) in [5.41, 5.74) is 10.5. The molecule has 0 radical (unpaired) electrons. The Labute approximate surface area is 106 Å². The second-order valence-corrected chi connectivity index (χ2v) is 4.81. The first-order valence-electron chi connectivity index (χ1n) is 6.27. The normalized spacial score (nSPS) is 25.2. The summed E-state index contributed by atoms with van der Waals surface area (Å²) in [6, 6.07) is -0.855. The lowest BCUT2D eigenvalue weighted by Crippen LogP contribution is -2.52. The molecule has 0 saturated heterocycles. The molecule has 1 saturated carbocycles. The highest BCUT2D eigenvalue weighted by Crippen LogP contribution is 2.30. The minimum Gasteiger partial charge on any atom is -0.368 e. The van der Waals surface area contributed by atoms with Crippen LogP contribution >= 0.6 is 0 Å². The van der Waals surface area contributed by atoms with Crippen LogP contribution in [-0.2, 0) is 14.4 Å². The zero-order valence-corrected chi connectivity index (χ0v) is 10.6. The quantitative estimate of drug-likeness (QED) is 0.603. The summed E-state index contributed by atoms with van der Waals surface area (Å²) in [7, 11) is 0. The number of carbonyl (C=O) groups excluding carboxylic acids is 3. The van der Waals surface area contributed by atoms with Crippen LogP contribution in [0.25, 0.3) is 0 Å². The summed E-state index contributed by atoms with van der Waals surface area (Å²) < 4.78 is 0. The van der Waals surface area contributed by atoms with E-state index in [9.17, 15) is 14.4 Å². The van der Waals surface area contributed by atoms with Crippen LogP contribution in [0, 0.1) is 11.8 Å². The van der Waals surface area contributed by atoms with Crippen LogP contribution in [0.2, 0.25) is 0 Å². The lowest BCUT2D eigenvalue weighted by Gasteiger charge is -2.29. The fraction of sp³-hybridized carbons (Fsp3) is 0.750. The first kappa shape index (κ1) is 14.6. The summed E-state index contributed by atoms with van der Waals surface area (Å²) in [5, 5.41) is 2.53. The molecule has 1 aliphatic carbocycles. The van der Waals surface area contributed by atoms with E-state index in [1.54, 1.807) is 0 Å². The lowest BCUT2D eigenvalue weighted by atomic mass is 9.76. The molecular weight excluding hydrogens is 234 g/mol. The highest BCUT2D eigenvalue weighted by molar-refractivity contribution is 5.91. The average Bonchev–Trinajstić information content (AvgIpc) is 2.35. The number of primary amides is 1. The Morgan fingerprint density at radius 1 is 1.22 bits per heavy atom. The van der Waals surface area contributed by atoms with Crippen molar-refractivity contribution in [3.8, 4) is 0 Å². The zero-order chi connectivity index (χ0) is 13.7. The van der Waals surface area contributed by atoms with Gasteiger partial charge in [0.25, 0.3) is 0 Å². The lowest BCUT2D eigenvalue weighted by molar-refractivity contribution is -0.136. The van der Waals surface area contributed by atoms with Crippen molar-refractivity contribution in [3.63, 3.8) is 0 Å². The summed E-state index contributed by atoms with van der Waals surface area (Å²) >= 11 is 0. The van der Waals surface area contributed by atoms with Crippen molar-refractivity contribution in [2.45, 2.75) is 38.6 Å². The molecule has 0 aliphatic heterocycles. The van der Waals surface area contributed by atoms with E-state index < -0.39 is 11.9 Å². The number of hydrogen-bond donors (Lipinski definition) is 3. The minimum absolute atomic E-state index is 0.0261. The van der Waals surface area contributed by atoms with E-state index in [1.165, 1.54) is 6.92 Å². The van der Waals surface area contributed by atoms with E-state index in [-0.39, 0.29) is 30.1 Å². The van der Waals surface area contributed by atoms with E-state index in [4.69, 9.17) is 11.5 Å². The van der Waals surface area contributed by atoms with Gasteiger partial charge in [0.15, 0.2) is 0 Å². The number of rotatable bonds is 5. The van der Waals surface area contributed by atoms with Gasteiger partial charge in [0, 0.05) is 18.4 Å². The predicted octanol–water partition coefficient (Wildman–Crippen LogP) is -0.689. The SMILES string of the molecule is CC(=O)C1CCCCC1C(=O)NC(CN)C(N)=O. The second-order valence-electron chi connectivity index (χ2n) is 4.81. The first-order valence-corrected chi connectivity index (χ1v) is 6.27. The molecule has 0 heterocycles. The first-order chi connectivity index (χ1) is 8.47. The number of nitrogens with one attached hydrogen (secondary N) is 1. The minimum atomic E-state index is -0.855. The van der Waals surface area contributed by atoms with E-state index in [0.29, 0.717) is 6.42 Å². The summed E-state index contributed by atoms with van der Waals surface area (Å²) in [6.07, 6.45) is 3.29. The van der Waals surface area contributed by atoms with Gasteiger partial charge in [0.05, 0.1) is 0 Å². The largest absolute Gasteiger partial charge is 0.368 e. The highest BCUT2D eigenvalue weighted by Gasteiger charge is 2.34. The Bertz CT molecular complexity index is 343. The molecule has 1 fully saturated rings. The number of Topliss-reactive ketones (excluding diaryl/α,β-unsaturated/α-hetero) is 1. The zero-order valence-electron chi connectivity index (χ0n) is 10.6. The Morgan fingerprint density at radius 2 is 1.78 bits per heavy atom. The molecule has 5 N–H and O–H groups in total. The fourth-order valence-electron chi connectivity index (χ4n) is 2.46. The molecule has 0 aromatic rings. The van der Waals surface area contributed by atoms with Gasteiger partial charge in [-0.2, -0.15) is 0 Å². The molecule has 102 valence electrons. The van der Waals surface area contributed by atoms with Crippen LogP contribution in [-0.4, -0.2) is 30.2 Å². The molecule has 0 spiro atoms. The maximum Gasteiger partial charge on any atom is 0.241 e. The Morgan fingerprint density at radius 3 is 2.22 bits per heavy atom. The predicted molar refractivity (Wildman–Crippen MR) is 66.3 cm³/mol. The van der Waals surface area contributed by atoms with Crippen LogP contribution in [0.1, 0.15) is 32.6 Å². The number of hydrogen-bond acceptors (Lipinski definition) is 4. The Kier molecular flexibility index (Phi) is 5.27. The van der Waals surface area contributed by atoms with Crippen LogP contribution in [0.15, 0.2) is 0 Å². The van der Waals surface area contributed by atoms with E-state index >= 15 is 0 Å². The van der Waals surface area contributed by atoms with Crippen molar-refractivity contribution in [2.75, 3.05) is 6.54 Å². The van der Waals surface area contributed by atoms with Crippen LogP contribution in [0.5, 0.6) is 0 Å². The monoisotopic (exact) mass is 255 g/mol. The van der Waals surface area contributed by atoms with Crippen molar-refractivity contribution in [2.24, 2.45) is 23.3 Å². The summed E-state index contributed by atoms with van der Waals surface area (Å²) in [4.78, 5) is 34.6. The van der Waals surface area contributed by atoms with Crippen LogP contribution < -0.4 is 16.8 Å². The van der Waals surface area contributed by atoms with Gasteiger partial charge in [0.1, 0.15) is 11.8 Å². The van der Waals surface area contributed by atoms with Crippen molar-refractivity contribution in [1.82, 2.24) is 5.32 Å². The molecule has 0 bridgehead atoms. The van der Waals surface area contributed by atoms with Gasteiger partial charge in [-0.05, 0) is 19.8 Å². The standard InChI is InChI=1S/C12H21N3O3/c1-7(16)8-4-2-3-5-9(8)12(18)15-10(6-13)11(14)17/h8-10H,2-6,13H2,1H3,(H2,14,17)(H,15,18). The maximum absolute atomic E-state index is 12.1. The molecule has 18 heavy (non-hydrogen) atoms. The smallest absolute Gasteiger partial charge is 0.241 e. The van der Waals surface area contributed by atoms with E-state index in [0.717, 1.165) is 19.3 Å². The summed E-state index contributed by atoms with van der Waals surface area (Å²) in [6.45, 7) is 1.48. The number of amides is 2.